The fraction of sp³-hybridized carbons (Fsp3) is 0.286. The molecule has 0 fully saturated rings. The number of carbonyl (C=O) groups is 1. The predicted octanol–water partition coefficient (Wildman–Crippen LogP) is 3.45. The zero-order valence-electron chi connectivity index (χ0n) is 15.3. The zero-order chi connectivity index (χ0) is 18.9. The summed E-state index contributed by atoms with van der Waals surface area (Å²) in [5.41, 5.74) is 4.36. The third kappa shape index (κ3) is 3.33. The number of hydrogen-bond acceptors (Lipinski definition) is 6. The first-order valence-electron chi connectivity index (χ1n) is 9.30. The lowest BCUT2D eigenvalue weighted by atomic mass is 9.98. The highest BCUT2D eigenvalue weighted by atomic mass is 32.1. The number of pyridine rings is 1. The van der Waals surface area contributed by atoms with E-state index in [4.69, 9.17) is 9.47 Å². The molecule has 1 amide bonds. The maximum atomic E-state index is 12.7. The van der Waals surface area contributed by atoms with Gasteiger partial charge in [-0.25, -0.2) is 4.98 Å². The van der Waals surface area contributed by atoms with E-state index in [9.17, 15) is 4.79 Å². The minimum atomic E-state index is 0.166. The highest BCUT2D eigenvalue weighted by Crippen LogP contribution is 2.36. The van der Waals surface area contributed by atoms with E-state index in [2.05, 4.69) is 16.0 Å². The fourth-order valence-corrected chi connectivity index (χ4v) is 4.44. The van der Waals surface area contributed by atoms with Gasteiger partial charge >= 0.3 is 0 Å². The van der Waals surface area contributed by atoms with Crippen molar-refractivity contribution in [1.29, 1.82) is 0 Å². The van der Waals surface area contributed by atoms with E-state index in [1.54, 1.807) is 17.5 Å². The summed E-state index contributed by atoms with van der Waals surface area (Å²) in [5.74, 6) is 1.75. The molecule has 6 nitrogen and oxygen atoms in total. The standard InChI is InChI=1S/C21H19N3O3S/c25-20(4-3-17-12-28-21(23-17)15-2-1-6-22-10-15)24-7-5-14-8-18-19(27-13-26-18)9-16(14)11-24/h1-2,6,8-10,12H,3-5,7,11,13H2. The van der Waals surface area contributed by atoms with Gasteiger partial charge < -0.3 is 14.4 Å². The number of carbonyl (C=O) groups excluding carboxylic acids is 1. The number of aromatic nitrogens is 2. The monoisotopic (exact) mass is 393 g/mol. The van der Waals surface area contributed by atoms with Gasteiger partial charge in [-0.15, -0.1) is 11.3 Å². The summed E-state index contributed by atoms with van der Waals surface area (Å²) in [6.45, 7) is 1.64. The third-order valence-electron chi connectivity index (χ3n) is 5.12. The van der Waals surface area contributed by atoms with Crippen LogP contribution in [0.3, 0.4) is 0 Å². The Hall–Kier alpha value is -2.93. The van der Waals surface area contributed by atoms with Gasteiger partial charge in [-0.1, -0.05) is 0 Å². The molecular weight excluding hydrogens is 374 g/mol. The van der Waals surface area contributed by atoms with Gasteiger partial charge in [-0.3, -0.25) is 9.78 Å². The molecule has 1 aromatic carbocycles. The summed E-state index contributed by atoms with van der Waals surface area (Å²) < 4.78 is 10.9. The van der Waals surface area contributed by atoms with E-state index >= 15 is 0 Å². The van der Waals surface area contributed by atoms with Crippen LogP contribution in [0.5, 0.6) is 11.5 Å². The normalized spacial score (nSPS) is 14.8. The quantitative estimate of drug-likeness (QED) is 0.679. The van der Waals surface area contributed by atoms with Crippen molar-refractivity contribution >= 4 is 17.2 Å². The molecule has 2 aromatic heterocycles. The number of fused-ring (bicyclic) bond motifs is 2. The summed E-state index contributed by atoms with van der Waals surface area (Å²) in [7, 11) is 0. The lowest BCUT2D eigenvalue weighted by Crippen LogP contribution is -2.36. The smallest absolute Gasteiger partial charge is 0.231 e. The van der Waals surface area contributed by atoms with Crippen molar-refractivity contribution in [2.75, 3.05) is 13.3 Å². The maximum Gasteiger partial charge on any atom is 0.231 e. The molecule has 2 aliphatic heterocycles. The van der Waals surface area contributed by atoms with Crippen LogP contribution in [-0.2, 0) is 24.2 Å². The van der Waals surface area contributed by atoms with Crippen molar-refractivity contribution in [3.63, 3.8) is 0 Å². The molecule has 4 heterocycles. The Balaban J connectivity index is 1.22. The molecule has 0 bridgehead atoms. The topological polar surface area (TPSA) is 64.6 Å². The summed E-state index contributed by atoms with van der Waals surface area (Å²) in [5, 5.41) is 2.97. The third-order valence-corrected chi connectivity index (χ3v) is 6.06. The first kappa shape index (κ1) is 17.2. The summed E-state index contributed by atoms with van der Waals surface area (Å²) in [6.07, 6.45) is 5.53. The minimum absolute atomic E-state index is 0.166. The Labute approximate surface area is 166 Å². The Morgan fingerprint density at radius 2 is 2.07 bits per heavy atom. The van der Waals surface area contributed by atoms with Gasteiger partial charge in [0.15, 0.2) is 11.5 Å². The molecule has 0 atom stereocenters. The summed E-state index contributed by atoms with van der Waals surface area (Å²) in [6, 6.07) is 7.96. The molecule has 0 N–H and O–H groups in total. The second-order valence-corrected chi connectivity index (χ2v) is 7.78. The van der Waals surface area contributed by atoms with Gasteiger partial charge in [-0.2, -0.15) is 0 Å². The van der Waals surface area contributed by atoms with E-state index in [0.29, 0.717) is 19.4 Å². The van der Waals surface area contributed by atoms with E-state index in [1.165, 1.54) is 5.56 Å². The van der Waals surface area contributed by atoms with E-state index in [-0.39, 0.29) is 12.7 Å². The number of amides is 1. The Morgan fingerprint density at radius 3 is 2.89 bits per heavy atom. The van der Waals surface area contributed by atoms with Crippen molar-refractivity contribution in [1.82, 2.24) is 14.9 Å². The molecule has 7 heteroatoms. The zero-order valence-corrected chi connectivity index (χ0v) is 16.1. The maximum absolute atomic E-state index is 12.7. The Kier molecular flexibility index (Phi) is 4.44. The number of nitrogens with zero attached hydrogens (tertiary/aromatic N) is 3. The van der Waals surface area contributed by atoms with Crippen molar-refractivity contribution < 1.29 is 14.3 Å². The molecule has 0 saturated heterocycles. The van der Waals surface area contributed by atoms with Crippen LogP contribution in [0.1, 0.15) is 23.2 Å². The molecule has 0 unspecified atom stereocenters. The van der Waals surface area contributed by atoms with Crippen LogP contribution in [-0.4, -0.2) is 34.1 Å². The van der Waals surface area contributed by atoms with Gasteiger partial charge in [-0.05, 0) is 48.2 Å². The van der Waals surface area contributed by atoms with Crippen LogP contribution in [0.15, 0.2) is 42.0 Å². The van der Waals surface area contributed by atoms with Gasteiger partial charge in [0.25, 0.3) is 0 Å². The Bertz CT molecular complexity index is 1020. The number of ether oxygens (including phenoxy) is 2. The molecular formula is C21H19N3O3S. The lowest BCUT2D eigenvalue weighted by molar-refractivity contribution is -0.132. The highest BCUT2D eigenvalue weighted by molar-refractivity contribution is 7.13. The molecule has 28 heavy (non-hydrogen) atoms. The van der Waals surface area contributed by atoms with Crippen molar-refractivity contribution in [2.24, 2.45) is 0 Å². The molecule has 0 radical (unpaired) electrons. The summed E-state index contributed by atoms with van der Waals surface area (Å²) >= 11 is 1.59. The average molecular weight is 393 g/mol. The average Bonchev–Trinajstić information content (AvgIpc) is 3.39. The predicted molar refractivity (Wildman–Crippen MR) is 105 cm³/mol. The van der Waals surface area contributed by atoms with Gasteiger partial charge in [0.05, 0.1) is 5.69 Å². The number of benzene rings is 1. The minimum Gasteiger partial charge on any atom is -0.454 e. The molecule has 2 aliphatic rings. The lowest BCUT2D eigenvalue weighted by Gasteiger charge is -2.29. The molecule has 142 valence electrons. The van der Waals surface area contributed by atoms with Crippen molar-refractivity contribution in [2.45, 2.75) is 25.8 Å². The second-order valence-electron chi connectivity index (χ2n) is 6.93. The molecule has 0 saturated carbocycles. The van der Waals surface area contributed by atoms with Crippen LogP contribution in [0.2, 0.25) is 0 Å². The second kappa shape index (κ2) is 7.24. The molecule has 5 rings (SSSR count). The van der Waals surface area contributed by atoms with Gasteiger partial charge in [0.1, 0.15) is 5.01 Å². The SMILES string of the molecule is O=C(CCc1csc(-c2cccnc2)n1)N1CCc2cc3c(cc2C1)OCO3. The summed E-state index contributed by atoms with van der Waals surface area (Å²) in [4.78, 5) is 23.4. The number of aryl methyl sites for hydroxylation is 1. The Morgan fingerprint density at radius 1 is 1.21 bits per heavy atom. The van der Waals surface area contributed by atoms with Crippen molar-refractivity contribution in [3.05, 3.63) is 58.9 Å². The molecule has 3 aromatic rings. The number of thiazole rings is 1. The van der Waals surface area contributed by atoms with Gasteiger partial charge in [0, 0.05) is 42.8 Å². The first-order valence-corrected chi connectivity index (χ1v) is 10.2. The van der Waals surface area contributed by atoms with Crippen LogP contribution in [0.4, 0.5) is 0 Å². The fourth-order valence-electron chi connectivity index (χ4n) is 3.60. The van der Waals surface area contributed by atoms with E-state index < -0.39 is 0 Å². The van der Waals surface area contributed by atoms with E-state index in [1.807, 2.05) is 34.7 Å². The van der Waals surface area contributed by atoms with Gasteiger partial charge in [0.2, 0.25) is 12.7 Å². The highest BCUT2D eigenvalue weighted by Gasteiger charge is 2.24. The van der Waals surface area contributed by atoms with Crippen LogP contribution >= 0.6 is 11.3 Å². The van der Waals surface area contributed by atoms with Crippen LogP contribution < -0.4 is 9.47 Å². The number of rotatable bonds is 4. The largest absolute Gasteiger partial charge is 0.454 e. The molecule has 0 aliphatic carbocycles. The first-order chi connectivity index (χ1) is 13.8. The number of hydrogen-bond donors (Lipinski definition) is 0. The molecule has 0 spiro atoms. The van der Waals surface area contributed by atoms with Crippen LogP contribution in [0.25, 0.3) is 10.6 Å². The van der Waals surface area contributed by atoms with E-state index in [0.717, 1.165) is 46.3 Å². The van der Waals surface area contributed by atoms with Crippen LogP contribution in [0, 0.1) is 0 Å². The van der Waals surface area contributed by atoms with Crippen molar-refractivity contribution in [3.8, 4) is 22.1 Å².